The summed E-state index contributed by atoms with van der Waals surface area (Å²) in [6.45, 7) is 10.7. The summed E-state index contributed by atoms with van der Waals surface area (Å²) in [5, 5.41) is 3.26. The van der Waals surface area contributed by atoms with Crippen LogP contribution in [0.3, 0.4) is 0 Å². The lowest BCUT2D eigenvalue weighted by Crippen LogP contribution is -2.43. The summed E-state index contributed by atoms with van der Waals surface area (Å²) in [4.78, 5) is 14.7. The molecule has 0 aliphatic carbocycles. The zero-order chi connectivity index (χ0) is 15.0. The molecule has 20 heavy (non-hydrogen) atoms. The van der Waals surface area contributed by atoms with Gasteiger partial charge in [-0.25, -0.2) is 0 Å². The van der Waals surface area contributed by atoms with Gasteiger partial charge in [-0.05, 0) is 25.5 Å². The normalized spacial score (nSPS) is 13.8. The molecule has 112 valence electrons. The fourth-order valence-corrected chi connectivity index (χ4v) is 2.18. The van der Waals surface area contributed by atoms with Gasteiger partial charge in [0.05, 0.1) is 0 Å². The third kappa shape index (κ3) is 4.97. The second-order valence-electron chi connectivity index (χ2n) is 5.42. The number of nitrogens with zero attached hydrogens (tertiary/aromatic N) is 1. The van der Waals surface area contributed by atoms with Crippen molar-refractivity contribution in [2.75, 3.05) is 13.1 Å². The molecule has 0 heterocycles. The summed E-state index contributed by atoms with van der Waals surface area (Å²) < 4.78 is 0. The van der Waals surface area contributed by atoms with E-state index in [2.05, 4.69) is 38.2 Å². The molecule has 0 radical (unpaired) electrons. The molecular formula is C17H28N2O. The molecule has 1 N–H and O–H groups in total. The van der Waals surface area contributed by atoms with Crippen LogP contribution in [0, 0.1) is 5.92 Å². The number of hydrogen-bond donors (Lipinski definition) is 1. The first-order valence-corrected chi connectivity index (χ1v) is 7.65. The van der Waals surface area contributed by atoms with Crippen LogP contribution in [0.2, 0.25) is 0 Å². The zero-order valence-electron chi connectivity index (χ0n) is 13.2. The Hall–Kier alpha value is -1.35. The van der Waals surface area contributed by atoms with Gasteiger partial charge in [0, 0.05) is 25.0 Å². The number of rotatable bonds is 8. The Labute approximate surface area is 123 Å². The Kier molecular flexibility index (Phi) is 7.31. The van der Waals surface area contributed by atoms with Crippen LogP contribution >= 0.6 is 0 Å². The van der Waals surface area contributed by atoms with Gasteiger partial charge in [-0.15, -0.1) is 0 Å². The molecule has 0 bridgehead atoms. The first-order valence-electron chi connectivity index (χ1n) is 7.65. The van der Waals surface area contributed by atoms with Gasteiger partial charge in [0.1, 0.15) is 0 Å². The smallest absolute Gasteiger partial charge is 0.227 e. The van der Waals surface area contributed by atoms with E-state index in [4.69, 9.17) is 0 Å². The first kappa shape index (κ1) is 16.7. The third-order valence-corrected chi connectivity index (χ3v) is 3.72. The highest BCUT2D eigenvalue weighted by molar-refractivity contribution is 5.79. The molecule has 1 aromatic carbocycles. The molecule has 0 aromatic heterocycles. The largest absolute Gasteiger partial charge is 0.335 e. The fourth-order valence-electron chi connectivity index (χ4n) is 2.18. The number of carbonyl (C=O) groups excluding carboxylic acids is 1. The second-order valence-corrected chi connectivity index (χ2v) is 5.42. The van der Waals surface area contributed by atoms with Crippen LogP contribution in [0.5, 0.6) is 0 Å². The topological polar surface area (TPSA) is 32.3 Å². The molecular weight excluding hydrogens is 248 g/mol. The molecule has 3 nitrogen and oxygen atoms in total. The van der Waals surface area contributed by atoms with Crippen molar-refractivity contribution in [3.05, 3.63) is 35.9 Å². The van der Waals surface area contributed by atoms with Crippen molar-refractivity contribution in [2.24, 2.45) is 5.92 Å². The monoisotopic (exact) mass is 276 g/mol. The van der Waals surface area contributed by atoms with Gasteiger partial charge >= 0.3 is 0 Å². The Morgan fingerprint density at radius 3 is 2.40 bits per heavy atom. The van der Waals surface area contributed by atoms with Gasteiger partial charge in [0.15, 0.2) is 0 Å². The van der Waals surface area contributed by atoms with Crippen molar-refractivity contribution in [3.8, 4) is 0 Å². The number of benzene rings is 1. The minimum atomic E-state index is 0.0210. The van der Waals surface area contributed by atoms with E-state index in [-0.39, 0.29) is 17.9 Å². The Morgan fingerprint density at radius 2 is 1.85 bits per heavy atom. The molecule has 0 aliphatic heterocycles. The van der Waals surface area contributed by atoms with E-state index < -0.39 is 0 Å². The molecule has 2 unspecified atom stereocenters. The van der Waals surface area contributed by atoms with E-state index in [1.165, 1.54) is 5.56 Å². The summed E-state index contributed by atoms with van der Waals surface area (Å²) >= 11 is 0. The third-order valence-electron chi connectivity index (χ3n) is 3.72. The van der Waals surface area contributed by atoms with Crippen molar-refractivity contribution >= 4 is 5.91 Å². The summed E-state index contributed by atoms with van der Waals surface area (Å²) in [5.74, 6) is 0.261. The molecule has 1 aromatic rings. The van der Waals surface area contributed by atoms with E-state index in [9.17, 15) is 4.79 Å². The van der Waals surface area contributed by atoms with Crippen LogP contribution in [-0.4, -0.2) is 29.9 Å². The highest BCUT2D eigenvalue weighted by Crippen LogP contribution is 2.14. The average Bonchev–Trinajstić information content (AvgIpc) is 2.49. The van der Waals surface area contributed by atoms with Gasteiger partial charge in [0.25, 0.3) is 0 Å². The van der Waals surface area contributed by atoms with Crippen LogP contribution in [0.25, 0.3) is 0 Å². The molecule has 0 saturated heterocycles. The predicted molar refractivity (Wildman–Crippen MR) is 84.5 cm³/mol. The van der Waals surface area contributed by atoms with Crippen molar-refractivity contribution in [2.45, 2.75) is 46.7 Å². The quantitative estimate of drug-likeness (QED) is 0.791. The van der Waals surface area contributed by atoms with Gasteiger partial charge < -0.3 is 10.2 Å². The molecule has 2 atom stereocenters. The lowest BCUT2D eigenvalue weighted by atomic mass is 10.1. The maximum absolute atomic E-state index is 12.6. The summed E-state index contributed by atoms with van der Waals surface area (Å²) in [6.07, 6.45) is 0.979. The van der Waals surface area contributed by atoms with E-state index in [1.54, 1.807) is 0 Å². The van der Waals surface area contributed by atoms with E-state index in [1.807, 2.05) is 30.0 Å². The highest BCUT2D eigenvalue weighted by Gasteiger charge is 2.23. The minimum absolute atomic E-state index is 0.0210. The summed E-state index contributed by atoms with van der Waals surface area (Å²) in [7, 11) is 0. The molecule has 1 rings (SSSR count). The number of carbonyl (C=O) groups is 1. The first-order chi connectivity index (χ1) is 9.60. The highest BCUT2D eigenvalue weighted by atomic mass is 16.2. The summed E-state index contributed by atoms with van der Waals surface area (Å²) in [5.41, 5.74) is 1.19. The van der Waals surface area contributed by atoms with Crippen LogP contribution in [0.15, 0.2) is 30.3 Å². The van der Waals surface area contributed by atoms with Crippen molar-refractivity contribution in [1.82, 2.24) is 10.2 Å². The SMILES string of the molecule is CCNCC(C)C(=O)N(Cc1ccccc1)C(C)CC. The van der Waals surface area contributed by atoms with Crippen LogP contribution < -0.4 is 5.32 Å². The van der Waals surface area contributed by atoms with Gasteiger partial charge in [-0.1, -0.05) is 51.1 Å². The summed E-state index contributed by atoms with van der Waals surface area (Å²) in [6, 6.07) is 10.5. The van der Waals surface area contributed by atoms with E-state index >= 15 is 0 Å². The zero-order valence-corrected chi connectivity index (χ0v) is 13.2. The maximum atomic E-state index is 12.6. The van der Waals surface area contributed by atoms with Crippen LogP contribution in [-0.2, 0) is 11.3 Å². The molecule has 1 amide bonds. The Bertz CT molecular complexity index is 391. The lowest BCUT2D eigenvalue weighted by molar-refractivity contribution is -0.137. The second kappa shape index (κ2) is 8.75. The molecule has 0 saturated carbocycles. The average molecular weight is 276 g/mol. The van der Waals surface area contributed by atoms with Crippen LogP contribution in [0.1, 0.15) is 39.7 Å². The van der Waals surface area contributed by atoms with Crippen molar-refractivity contribution < 1.29 is 4.79 Å². The predicted octanol–water partition coefficient (Wildman–Crippen LogP) is 3.06. The Balaban J connectivity index is 2.76. The van der Waals surface area contributed by atoms with Crippen molar-refractivity contribution in [3.63, 3.8) is 0 Å². The number of amides is 1. The van der Waals surface area contributed by atoms with Gasteiger partial charge in [-0.3, -0.25) is 4.79 Å². The molecule has 0 aliphatic rings. The fraction of sp³-hybridized carbons (Fsp3) is 0.588. The molecule has 0 fully saturated rings. The maximum Gasteiger partial charge on any atom is 0.227 e. The molecule has 0 spiro atoms. The van der Waals surface area contributed by atoms with Gasteiger partial charge in [0.2, 0.25) is 5.91 Å². The van der Waals surface area contributed by atoms with E-state index in [0.29, 0.717) is 6.54 Å². The number of hydrogen-bond acceptors (Lipinski definition) is 2. The number of nitrogens with one attached hydrogen (secondary N) is 1. The van der Waals surface area contributed by atoms with E-state index in [0.717, 1.165) is 19.5 Å². The Morgan fingerprint density at radius 1 is 1.20 bits per heavy atom. The molecule has 3 heteroatoms. The van der Waals surface area contributed by atoms with Gasteiger partial charge in [-0.2, -0.15) is 0 Å². The van der Waals surface area contributed by atoms with Crippen molar-refractivity contribution in [1.29, 1.82) is 0 Å². The lowest BCUT2D eigenvalue weighted by Gasteiger charge is -2.31. The van der Waals surface area contributed by atoms with Crippen LogP contribution in [0.4, 0.5) is 0 Å². The standard InChI is InChI=1S/C17H28N2O/c1-5-15(4)19(13-16-10-8-7-9-11-16)17(20)14(3)12-18-6-2/h7-11,14-15,18H,5-6,12-13H2,1-4H3. The minimum Gasteiger partial charge on any atom is -0.335 e.